The summed E-state index contributed by atoms with van der Waals surface area (Å²) >= 11 is 0. The molecular weight excluding hydrogens is 254 g/mol. The normalized spacial score (nSPS) is 12.3. The topological polar surface area (TPSA) is 58.6 Å². The Hall–Kier alpha value is -1.39. The zero-order valence-corrected chi connectivity index (χ0v) is 12.4. The van der Waals surface area contributed by atoms with Crippen molar-refractivity contribution in [3.63, 3.8) is 0 Å². The highest BCUT2D eigenvalue weighted by Crippen LogP contribution is 2.15. The smallest absolute Gasteiger partial charge is 0.310 e. The molecule has 0 bridgehead atoms. The summed E-state index contributed by atoms with van der Waals surface area (Å²) in [5, 5.41) is 12.3. The van der Waals surface area contributed by atoms with Gasteiger partial charge in [0.05, 0.1) is 5.92 Å². The van der Waals surface area contributed by atoms with Crippen LogP contribution in [0.4, 0.5) is 0 Å². The molecule has 20 heavy (non-hydrogen) atoms. The van der Waals surface area contributed by atoms with Crippen LogP contribution in [-0.4, -0.2) is 31.3 Å². The Kier molecular flexibility index (Phi) is 7.92. The minimum absolute atomic E-state index is 0.446. The van der Waals surface area contributed by atoms with Crippen molar-refractivity contribution in [2.45, 2.75) is 38.6 Å². The van der Waals surface area contributed by atoms with Crippen LogP contribution in [0.25, 0.3) is 0 Å². The highest BCUT2D eigenvalue weighted by Gasteiger charge is 2.12. The van der Waals surface area contributed by atoms with Gasteiger partial charge in [0.1, 0.15) is 0 Å². The highest BCUT2D eigenvalue weighted by molar-refractivity contribution is 5.75. The number of carboxylic acids is 1. The summed E-state index contributed by atoms with van der Waals surface area (Å²) in [5.41, 5.74) is 2.03. The van der Waals surface area contributed by atoms with Crippen LogP contribution in [0.2, 0.25) is 0 Å². The van der Waals surface area contributed by atoms with Crippen LogP contribution < -0.4 is 5.32 Å². The zero-order chi connectivity index (χ0) is 14.8. The first-order chi connectivity index (χ1) is 9.65. The fourth-order valence-electron chi connectivity index (χ4n) is 1.97. The van der Waals surface area contributed by atoms with Gasteiger partial charge in [-0.25, -0.2) is 0 Å². The minimum atomic E-state index is -0.785. The molecule has 0 fully saturated rings. The van der Waals surface area contributed by atoms with E-state index >= 15 is 0 Å². The summed E-state index contributed by atoms with van der Waals surface area (Å²) in [6.45, 7) is 4.36. The summed E-state index contributed by atoms with van der Waals surface area (Å²) in [7, 11) is 1.73. The summed E-state index contributed by atoms with van der Waals surface area (Å²) in [4.78, 5) is 10.9. The van der Waals surface area contributed by atoms with Crippen LogP contribution in [0.5, 0.6) is 0 Å². The average molecular weight is 279 g/mol. The Labute approximate surface area is 121 Å². The largest absolute Gasteiger partial charge is 0.481 e. The Morgan fingerprint density at radius 3 is 2.55 bits per heavy atom. The lowest BCUT2D eigenvalue weighted by Crippen LogP contribution is -2.15. The summed E-state index contributed by atoms with van der Waals surface area (Å²) < 4.78 is 5.00. The number of aliphatic carboxylic acids is 1. The monoisotopic (exact) mass is 279 g/mol. The predicted molar refractivity (Wildman–Crippen MR) is 79.9 cm³/mol. The van der Waals surface area contributed by atoms with Gasteiger partial charge in [-0.3, -0.25) is 4.79 Å². The molecular formula is C16H25NO3. The second-order valence-corrected chi connectivity index (χ2v) is 5.03. The maximum absolute atomic E-state index is 10.9. The molecule has 2 N–H and O–H groups in total. The van der Waals surface area contributed by atoms with Crippen LogP contribution >= 0.6 is 0 Å². The lowest BCUT2D eigenvalue weighted by molar-refractivity contribution is -0.138. The number of unbranched alkanes of at least 4 members (excludes halogenated alkanes) is 2. The van der Waals surface area contributed by atoms with Crippen molar-refractivity contribution >= 4 is 5.97 Å². The third-order valence-electron chi connectivity index (χ3n) is 3.38. The Balaban J connectivity index is 2.23. The molecule has 0 aromatic heterocycles. The number of hydrogen-bond donors (Lipinski definition) is 2. The number of hydrogen-bond acceptors (Lipinski definition) is 3. The Morgan fingerprint density at radius 2 is 1.95 bits per heavy atom. The van der Waals surface area contributed by atoms with Crippen LogP contribution in [0.1, 0.15) is 43.2 Å². The summed E-state index contributed by atoms with van der Waals surface area (Å²) in [5.74, 6) is -1.23. The van der Waals surface area contributed by atoms with Gasteiger partial charge in [0.2, 0.25) is 0 Å². The molecule has 0 heterocycles. The maximum Gasteiger partial charge on any atom is 0.310 e. The van der Waals surface area contributed by atoms with E-state index in [0.29, 0.717) is 0 Å². The van der Waals surface area contributed by atoms with Gasteiger partial charge in [0.25, 0.3) is 0 Å². The molecule has 1 atom stereocenters. The van der Waals surface area contributed by atoms with Crippen LogP contribution in [0, 0.1) is 0 Å². The third-order valence-corrected chi connectivity index (χ3v) is 3.38. The van der Waals surface area contributed by atoms with Gasteiger partial charge in [-0.1, -0.05) is 24.3 Å². The van der Waals surface area contributed by atoms with Crippen molar-refractivity contribution < 1.29 is 14.6 Å². The van der Waals surface area contributed by atoms with Gasteiger partial charge in [0, 0.05) is 20.3 Å². The molecule has 1 unspecified atom stereocenters. The summed E-state index contributed by atoms with van der Waals surface area (Å²) in [6.07, 6.45) is 3.44. The molecule has 0 saturated heterocycles. The van der Waals surface area contributed by atoms with Crippen molar-refractivity contribution in [1.82, 2.24) is 5.32 Å². The SMILES string of the molecule is COCCCCCNCc1ccc(C(C)C(=O)O)cc1. The van der Waals surface area contributed by atoms with E-state index in [4.69, 9.17) is 9.84 Å². The van der Waals surface area contributed by atoms with Crippen LogP contribution in [0.15, 0.2) is 24.3 Å². The van der Waals surface area contributed by atoms with Crippen molar-refractivity contribution in [1.29, 1.82) is 0 Å². The quantitative estimate of drug-likeness (QED) is 0.647. The van der Waals surface area contributed by atoms with E-state index in [9.17, 15) is 4.79 Å². The van der Waals surface area contributed by atoms with Crippen LogP contribution in [-0.2, 0) is 16.1 Å². The van der Waals surface area contributed by atoms with Gasteiger partial charge in [0.15, 0.2) is 0 Å². The number of nitrogens with one attached hydrogen (secondary N) is 1. The third kappa shape index (κ3) is 6.17. The zero-order valence-electron chi connectivity index (χ0n) is 12.4. The Bertz CT molecular complexity index is 389. The number of rotatable bonds is 10. The van der Waals surface area contributed by atoms with Gasteiger partial charge in [-0.05, 0) is 43.9 Å². The molecule has 1 aromatic carbocycles. The van der Waals surface area contributed by atoms with E-state index in [-0.39, 0.29) is 0 Å². The molecule has 1 aromatic rings. The molecule has 0 radical (unpaired) electrons. The van der Waals surface area contributed by atoms with Crippen molar-refractivity contribution in [3.8, 4) is 0 Å². The van der Waals surface area contributed by atoms with Gasteiger partial charge >= 0.3 is 5.97 Å². The van der Waals surface area contributed by atoms with E-state index < -0.39 is 11.9 Å². The standard InChI is InChI=1S/C16H25NO3/c1-13(16(18)19)15-8-6-14(7-9-15)12-17-10-4-3-5-11-20-2/h6-9,13,17H,3-5,10-12H2,1-2H3,(H,18,19). The number of methoxy groups -OCH3 is 1. The first-order valence-corrected chi connectivity index (χ1v) is 7.16. The molecule has 4 nitrogen and oxygen atoms in total. The lowest BCUT2D eigenvalue weighted by Gasteiger charge is -2.09. The summed E-state index contributed by atoms with van der Waals surface area (Å²) in [6, 6.07) is 7.78. The van der Waals surface area contributed by atoms with Gasteiger partial charge < -0.3 is 15.2 Å². The lowest BCUT2D eigenvalue weighted by atomic mass is 10.00. The molecule has 4 heteroatoms. The molecule has 112 valence electrons. The fourth-order valence-corrected chi connectivity index (χ4v) is 1.97. The van der Waals surface area contributed by atoms with Crippen LogP contribution in [0.3, 0.4) is 0 Å². The first-order valence-electron chi connectivity index (χ1n) is 7.16. The molecule has 0 amide bonds. The number of carbonyl (C=O) groups is 1. The predicted octanol–water partition coefficient (Wildman–Crippen LogP) is 2.78. The van der Waals surface area contributed by atoms with Crippen molar-refractivity contribution in [2.24, 2.45) is 0 Å². The minimum Gasteiger partial charge on any atom is -0.481 e. The number of carboxylic acid groups (broad SMARTS) is 1. The molecule has 0 aliphatic carbocycles. The van der Waals surface area contributed by atoms with E-state index in [2.05, 4.69) is 5.32 Å². The van der Waals surface area contributed by atoms with E-state index in [1.54, 1.807) is 14.0 Å². The molecule has 0 aliphatic rings. The Morgan fingerprint density at radius 1 is 1.25 bits per heavy atom. The van der Waals surface area contributed by atoms with Crippen molar-refractivity contribution in [3.05, 3.63) is 35.4 Å². The second kappa shape index (κ2) is 9.50. The maximum atomic E-state index is 10.9. The number of ether oxygens (including phenoxy) is 1. The molecule has 0 spiro atoms. The second-order valence-electron chi connectivity index (χ2n) is 5.03. The van der Waals surface area contributed by atoms with Crippen molar-refractivity contribution in [2.75, 3.05) is 20.3 Å². The van der Waals surface area contributed by atoms with Gasteiger partial charge in [-0.15, -0.1) is 0 Å². The molecule has 0 saturated carbocycles. The average Bonchev–Trinajstić information content (AvgIpc) is 2.46. The van der Waals surface area contributed by atoms with E-state index in [1.807, 2.05) is 24.3 Å². The number of benzene rings is 1. The fraction of sp³-hybridized carbons (Fsp3) is 0.562. The van der Waals surface area contributed by atoms with E-state index in [1.165, 1.54) is 12.0 Å². The van der Waals surface area contributed by atoms with Gasteiger partial charge in [-0.2, -0.15) is 0 Å². The highest BCUT2D eigenvalue weighted by atomic mass is 16.5. The molecule has 1 rings (SSSR count). The van der Waals surface area contributed by atoms with E-state index in [0.717, 1.165) is 38.1 Å². The molecule has 0 aliphatic heterocycles. The first kappa shape index (κ1) is 16.7.